The van der Waals surface area contributed by atoms with E-state index in [2.05, 4.69) is 15.5 Å². The monoisotopic (exact) mass is 423 g/mol. The van der Waals surface area contributed by atoms with E-state index < -0.39 is 6.03 Å². The van der Waals surface area contributed by atoms with Crippen LogP contribution in [0.25, 0.3) is 0 Å². The Bertz CT molecular complexity index is 975. The number of nitrogens with one attached hydrogen (secondary N) is 2. The van der Waals surface area contributed by atoms with Gasteiger partial charge in [0.1, 0.15) is 0 Å². The molecule has 1 saturated heterocycles. The van der Waals surface area contributed by atoms with Crippen molar-refractivity contribution in [3.8, 4) is 11.5 Å². The number of anilines is 1. The Morgan fingerprint density at radius 1 is 1.00 bits per heavy atom. The number of carbonyl (C=O) groups excluding carboxylic acids is 2. The van der Waals surface area contributed by atoms with Crippen molar-refractivity contribution in [3.05, 3.63) is 53.1 Å². The van der Waals surface area contributed by atoms with Gasteiger partial charge in [-0.2, -0.15) is 0 Å². The number of benzene rings is 2. The van der Waals surface area contributed by atoms with Crippen LogP contribution in [0, 0.1) is 13.8 Å². The first-order valence-electron chi connectivity index (χ1n) is 10.8. The lowest BCUT2D eigenvalue weighted by molar-refractivity contribution is -0.121. The van der Waals surface area contributed by atoms with E-state index in [1.165, 1.54) is 0 Å². The second-order valence-corrected chi connectivity index (χ2v) is 8.19. The number of fused-ring (bicyclic) bond motifs is 1. The number of hydrogen-bond donors (Lipinski definition) is 2. The van der Waals surface area contributed by atoms with E-state index in [-0.39, 0.29) is 18.5 Å². The highest BCUT2D eigenvalue weighted by Crippen LogP contribution is 2.37. The quantitative estimate of drug-likeness (QED) is 0.778. The zero-order chi connectivity index (χ0) is 21.8. The number of urea groups is 1. The van der Waals surface area contributed by atoms with Gasteiger partial charge >= 0.3 is 6.03 Å². The minimum absolute atomic E-state index is 0.116. The number of carbonyl (C=O) groups is 2. The maximum atomic E-state index is 12.5. The van der Waals surface area contributed by atoms with Crippen molar-refractivity contribution in [2.75, 3.05) is 31.6 Å². The number of likely N-dealkylation sites (tertiary alicyclic amines) is 1. The van der Waals surface area contributed by atoms with Gasteiger partial charge in [-0.1, -0.05) is 12.1 Å². The number of rotatable bonds is 4. The van der Waals surface area contributed by atoms with Gasteiger partial charge in [0.2, 0.25) is 5.91 Å². The van der Waals surface area contributed by atoms with E-state index in [9.17, 15) is 9.59 Å². The molecule has 0 spiro atoms. The highest BCUT2D eigenvalue weighted by molar-refractivity contribution is 6.01. The van der Waals surface area contributed by atoms with Crippen molar-refractivity contribution in [2.45, 2.75) is 39.2 Å². The highest BCUT2D eigenvalue weighted by atomic mass is 16.5. The van der Waals surface area contributed by atoms with Crippen molar-refractivity contribution in [3.63, 3.8) is 0 Å². The Kier molecular flexibility index (Phi) is 6.42. The smallest absolute Gasteiger partial charge is 0.325 e. The normalized spacial score (nSPS) is 18.3. The fourth-order valence-corrected chi connectivity index (χ4v) is 4.11. The van der Waals surface area contributed by atoms with Gasteiger partial charge < -0.3 is 14.8 Å². The number of nitrogens with zero attached hydrogens (tertiary/aromatic N) is 1. The Morgan fingerprint density at radius 2 is 1.81 bits per heavy atom. The molecule has 0 saturated carbocycles. The summed E-state index contributed by atoms with van der Waals surface area (Å²) in [6.45, 7) is 6.27. The summed E-state index contributed by atoms with van der Waals surface area (Å²) in [6, 6.07) is 11.3. The summed E-state index contributed by atoms with van der Waals surface area (Å²) in [6.07, 6.45) is 2.83. The van der Waals surface area contributed by atoms with E-state index in [4.69, 9.17) is 9.47 Å². The van der Waals surface area contributed by atoms with Crippen LogP contribution in [0.3, 0.4) is 0 Å². The molecule has 164 valence electrons. The standard InChI is InChI=1S/C24H29N3O4/c1-16-6-8-19(13-17(16)2)25-24(29)26-23(28)15-27-10-3-5-20(27)18-7-9-21-22(14-18)31-12-4-11-30-21/h6-9,13-14,20H,3-5,10-12,15H2,1-2H3,(H2,25,26,28,29). The third-order valence-electron chi connectivity index (χ3n) is 5.88. The SMILES string of the molecule is Cc1ccc(NC(=O)NC(=O)CN2CCCC2c2ccc3c(c2)OCCCO3)cc1C. The van der Waals surface area contributed by atoms with Crippen molar-refractivity contribution in [1.82, 2.24) is 10.2 Å². The highest BCUT2D eigenvalue weighted by Gasteiger charge is 2.29. The molecule has 7 heteroatoms. The molecule has 0 aliphatic carbocycles. The molecule has 0 bridgehead atoms. The lowest BCUT2D eigenvalue weighted by Crippen LogP contribution is -2.41. The molecule has 1 fully saturated rings. The first-order valence-corrected chi connectivity index (χ1v) is 10.8. The van der Waals surface area contributed by atoms with E-state index in [1.807, 2.05) is 50.2 Å². The maximum Gasteiger partial charge on any atom is 0.325 e. The number of hydrogen-bond acceptors (Lipinski definition) is 5. The molecule has 2 aliphatic heterocycles. The molecule has 1 unspecified atom stereocenters. The summed E-state index contributed by atoms with van der Waals surface area (Å²) in [4.78, 5) is 26.9. The predicted molar refractivity (Wildman–Crippen MR) is 119 cm³/mol. The second kappa shape index (κ2) is 9.39. The Labute approximate surface area is 182 Å². The molecule has 2 aliphatic rings. The zero-order valence-electron chi connectivity index (χ0n) is 18.1. The van der Waals surface area contributed by atoms with Gasteiger partial charge in [-0.05, 0) is 74.2 Å². The van der Waals surface area contributed by atoms with Crippen LogP contribution < -0.4 is 20.1 Å². The van der Waals surface area contributed by atoms with Crippen LogP contribution in [0.1, 0.15) is 42.0 Å². The van der Waals surface area contributed by atoms with Gasteiger partial charge in [-0.25, -0.2) is 4.79 Å². The van der Waals surface area contributed by atoms with Crippen molar-refractivity contribution in [1.29, 1.82) is 0 Å². The van der Waals surface area contributed by atoms with Crippen molar-refractivity contribution < 1.29 is 19.1 Å². The molecule has 31 heavy (non-hydrogen) atoms. The number of aryl methyl sites for hydroxylation is 2. The lowest BCUT2D eigenvalue weighted by Gasteiger charge is -2.24. The minimum atomic E-state index is -0.514. The largest absolute Gasteiger partial charge is 0.490 e. The average Bonchev–Trinajstić information content (AvgIpc) is 3.05. The second-order valence-electron chi connectivity index (χ2n) is 8.19. The molecule has 2 heterocycles. The first kappa shape index (κ1) is 21.2. The summed E-state index contributed by atoms with van der Waals surface area (Å²) in [7, 11) is 0. The fourth-order valence-electron chi connectivity index (χ4n) is 4.11. The summed E-state index contributed by atoms with van der Waals surface area (Å²) >= 11 is 0. The van der Waals surface area contributed by atoms with Crippen LogP contribution in [0.4, 0.5) is 10.5 Å². The molecule has 0 radical (unpaired) electrons. The summed E-state index contributed by atoms with van der Waals surface area (Å²) in [5, 5.41) is 5.17. The molecular formula is C24H29N3O4. The lowest BCUT2D eigenvalue weighted by atomic mass is 10.0. The summed E-state index contributed by atoms with van der Waals surface area (Å²) in [5.74, 6) is 1.22. The van der Waals surface area contributed by atoms with E-state index >= 15 is 0 Å². The predicted octanol–water partition coefficient (Wildman–Crippen LogP) is 3.95. The average molecular weight is 424 g/mol. The van der Waals surface area contributed by atoms with Crippen LogP contribution in [-0.4, -0.2) is 43.1 Å². The van der Waals surface area contributed by atoms with Crippen LogP contribution in [-0.2, 0) is 4.79 Å². The van der Waals surface area contributed by atoms with E-state index in [0.29, 0.717) is 18.9 Å². The molecule has 4 rings (SSSR count). The zero-order valence-corrected chi connectivity index (χ0v) is 18.1. The minimum Gasteiger partial charge on any atom is -0.490 e. The molecule has 2 N–H and O–H groups in total. The maximum absolute atomic E-state index is 12.5. The third-order valence-corrected chi connectivity index (χ3v) is 5.88. The number of imide groups is 1. The molecular weight excluding hydrogens is 394 g/mol. The van der Waals surface area contributed by atoms with Gasteiger partial charge in [0.25, 0.3) is 0 Å². The first-order chi connectivity index (χ1) is 15.0. The van der Waals surface area contributed by atoms with Crippen LogP contribution in [0.5, 0.6) is 11.5 Å². The topological polar surface area (TPSA) is 79.9 Å². The van der Waals surface area contributed by atoms with Gasteiger partial charge in [0.15, 0.2) is 11.5 Å². The van der Waals surface area contributed by atoms with E-state index in [1.54, 1.807) is 0 Å². The molecule has 3 amide bonds. The Hall–Kier alpha value is -3.06. The molecule has 2 aromatic carbocycles. The third kappa shape index (κ3) is 5.17. The van der Waals surface area contributed by atoms with Gasteiger partial charge in [0, 0.05) is 18.2 Å². The number of amides is 3. The van der Waals surface area contributed by atoms with Crippen LogP contribution in [0.2, 0.25) is 0 Å². The summed E-state index contributed by atoms with van der Waals surface area (Å²) in [5.41, 5.74) is 4.00. The molecule has 1 atom stereocenters. The Morgan fingerprint density at radius 3 is 2.61 bits per heavy atom. The van der Waals surface area contributed by atoms with E-state index in [0.717, 1.165) is 54.0 Å². The Balaban J connectivity index is 1.36. The molecule has 7 nitrogen and oxygen atoms in total. The molecule has 0 aromatic heterocycles. The summed E-state index contributed by atoms with van der Waals surface area (Å²) < 4.78 is 11.5. The van der Waals surface area contributed by atoms with Crippen LogP contribution in [0.15, 0.2) is 36.4 Å². The van der Waals surface area contributed by atoms with Crippen LogP contribution >= 0.6 is 0 Å². The van der Waals surface area contributed by atoms with Crippen molar-refractivity contribution >= 4 is 17.6 Å². The number of ether oxygens (including phenoxy) is 2. The van der Waals surface area contributed by atoms with Gasteiger partial charge in [-0.3, -0.25) is 15.0 Å². The fraction of sp³-hybridized carbons (Fsp3) is 0.417. The van der Waals surface area contributed by atoms with Gasteiger partial charge in [0.05, 0.1) is 19.8 Å². The molecule has 2 aromatic rings. The van der Waals surface area contributed by atoms with Crippen molar-refractivity contribution in [2.24, 2.45) is 0 Å². The van der Waals surface area contributed by atoms with Gasteiger partial charge in [-0.15, -0.1) is 0 Å².